The second kappa shape index (κ2) is 19.9. The van der Waals surface area contributed by atoms with E-state index in [2.05, 4.69) is 10.6 Å². The molecule has 2 fully saturated rings. The summed E-state index contributed by atoms with van der Waals surface area (Å²) in [6.07, 6.45) is -15.4. The van der Waals surface area contributed by atoms with Crippen LogP contribution in [0.1, 0.15) is 0 Å². The predicted octanol–water partition coefficient (Wildman–Crippen LogP) is -4.55. The van der Waals surface area contributed by atoms with Gasteiger partial charge in [0.1, 0.15) is 62.0 Å². The highest BCUT2D eigenvalue weighted by Gasteiger charge is 2.45. The van der Waals surface area contributed by atoms with Crippen LogP contribution in [0.15, 0.2) is 0 Å². The number of rotatable bonds is 17. The van der Waals surface area contributed by atoms with Crippen molar-refractivity contribution in [3.63, 3.8) is 0 Å². The Morgan fingerprint density at radius 2 is 0.976 bits per heavy atom. The number of hydrogen-bond donors (Lipinski definition) is 10. The molecule has 0 aromatic carbocycles. The van der Waals surface area contributed by atoms with E-state index in [4.69, 9.17) is 38.6 Å². The summed E-state index contributed by atoms with van der Waals surface area (Å²) in [6.45, 7) is -1.25. The number of ether oxygens (including phenoxy) is 6. The lowest BCUT2D eigenvalue weighted by Gasteiger charge is -2.39. The maximum Gasteiger partial charge on any atom is 0.407 e. The Labute approximate surface area is 248 Å². The molecular formula is C22H40N2O16S2. The highest BCUT2D eigenvalue weighted by Crippen LogP contribution is 2.23. The smallest absolute Gasteiger partial charge is 0.407 e. The summed E-state index contributed by atoms with van der Waals surface area (Å²) in [5.74, 6) is 1.09. The maximum absolute atomic E-state index is 11.7. The third-order valence-electron chi connectivity index (χ3n) is 5.89. The molecule has 10 atom stereocenters. The number of amides is 2. The van der Waals surface area contributed by atoms with Gasteiger partial charge in [-0.25, -0.2) is 9.59 Å². The van der Waals surface area contributed by atoms with E-state index < -0.39 is 86.8 Å². The Bertz CT molecular complexity index is 725. The quantitative estimate of drug-likeness (QED) is 0.0523. The summed E-state index contributed by atoms with van der Waals surface area (Å²) in [6, 6.07) is 0. The van der Waals surface area contributed by atoms with Crippen molar-refractivity contribution in [3.05, 3.63) is 0 Å². The largest absolute Gasteiger partial charge is 0.447 e. The van der Waals surface area contributed by atoms with E-state index >= 15 is 0 Å². The molecule has 20 heteroatoms. The van der Waals surface area contributed by atoms with Gasteiger partial charge in [-0.05, 0) is 0 Å². The van der Waals surface area contributed by atoms with Crippen molar-refractivity contribution >= 4 is 33.8 Å². The van der Waals surface area contributed by atoms with E-state index in [0.29, 0.717) is 24.6 Å². The number of hydrogen-bond acceptors (Lipinski definition) is 18. The summed E-state index contributed by atoms with van der Waals surface area (Å²) in [7, 11) is 2.89. The Kier molecular flexibility index (Phi) is 17.5. The van der Waals surface area contributed by atoms with Crippen molar-refractivity contribution < 1.29 is 78.9 Å². The number of nitrogens with one attached hydrogen (secondary N) is 2. The molecule has 2 saturated heterocycles. The van der Waals surface area contributed by atoms with Gasteiger partial charge in [0.15, 0.2) is 12.6 Å². The van der Waals surface area contributed by atoms with Crippen molar-refractivity contribution in [2.75, 3.05) is 64.2 Å². The predicted molar refractivity (Wildman–Crippen MR) is 143 cm³/mol. The number of carbonyl (C=O) groups excluding carboxylic acids is 2. The zero-order chi connectivity index (χ0) is 31.1. The molecule has 0 aromatic rings. The maximum atomic E-state index is 11.7. The Morgan fingerprint density at radius 1 is 0.595 bits per heavy atom. The molecule has 2 heterocycles. The van der Waals surface area contributed by atoms with Crippen LogP contribution in [0.25, 0.3) is 0 Å². The minimum absolute atomic E-state index is 0.165. The Hall–Kier alpha value is -1.24. The standard InChI is InChI=1S/C22H40N2O16S2/c25-9-11-13(27)15(29)17(31)19(39-11)35-3-5-37-21(33)23-1-7-41-42-8-2-24-22(34)38-6-4-36-20-18(32)16(30)14(28)12(10-26)40-20/h11-20,25-32H,1-10H2,(H,23,33)(H,24,34)/t11?,12?,13-,14-,15+,16+,17?,18?,19+,20+/m1/s1. The Morgan fingerprint density at radius 3 is 1.33 bits per heavy atom. The molecule has 0 saturated carbocycles. The molecule has 4 unspecified atom stereocenters. The Balaban J connectivity index is 1.41. The third kappa shape index (κ3) is 12.0. The van der Waals surface area contributed by atoms with E-state index in [1.54, 1.807) is 0 Å². The summed E-state index contributed by atoms with van der Waals surface area (Å²) in [5.41, 5.74) is 0. The van der Waals surface area contributed by atoms with Crippen LogP contribution in [0.2, 0.25) is 0 Å². The fraction of sp³-hybridized carbons (Fsp3) is 0.909. The van der Waals surface area contributed by atoms with Gasteiger partial charge in [0.25, 0.3) is 0 Å². The summed E-state index contributed by atoms with van der Waals surface area (Å²) in [4.78, 5) is 23.4. The van der Waals surface area contributed by atoms with E-state index in [0.717, 1.165) is 0 Å². The van der Waals surface area contributed by atoms with Gasteiger partial charge < -0.3 is 79.9 Å². The molecule has 246 valence electrons. The zero-order valence-corrected chi connectivity index (χ0v) is 24.1. The van der Waals surface area contributed by atoms with Gasteiger partial charge in [-0.15, -0.1) is 0 Å². The van der Waals surface area contributed by atoms with Gasteiger partial charge in [-0.3, -0.25) is 0 Å². The van der Waals surface area contributed by atoms with E-state index in [1.165, 1.54) is 21.6 Å². The average molecular weight is 653 g/mol. The molecule has 2 aliphatic heterocycles. The van der Waals surface area contributed by atoms with Gasteiger partial charge in [0, 0.05) is 24.6 Å². The van der Waals surface area contributed by atoms with Crippen LogP contribution in [0, 0.1) is 0 Å². The zero-order valence-electron chi connectivity index (χ0n) is 22.5. The minimum atomic E-state index is -1.56. The summed E-state index contributed by atoms with van der Waals surface area (Å²) < 4.78 is 30.6. The van der Waals surface area contributed by atoms with Gasteiger partial charge in [-0.1, -0.05) is 21.6 Å². The molecule has 0 bridgehead atoms. The lowest BCUT2D eigenvalue weighted by molar-refractivity contribution is -0.302. The van der Waals surface area contributed by atoms with Crippen LogP contribution >= 0.6 is 21.6 Å². The first-order valence-electron chi connectivity index (χ1n) is 13.0. The third-order valence-corrected chi connectivity index (χ3v) is 8.30. The SMILES string of the molecule is O=C(NCCSSCCNC(=O)OCCO[C@H]1OC(CO)[C@@H](O)[C@H](O)C1O)OCCO[C@H]1OC(CO)[C@@H](O)[C@H](O)C1O. The molecule has 2 aliphatic rings. The number of carbonyl (C=O) groups is 2. The molecule has 0 radical (unpaired) electrons. The molecule has 0 aliphatic carbocycles. The number of aliphatic hydroxyl groups is 8. The molecular weight excluding hydrogens is 612 g/mol. The van der Waals surface area contributed by atoms with Crippen LogP contribution in [0.5, 0.6) is 0 Å². The van der Waals surface area contributed by atoms with Gasteiger partial charge in [0.2, 0.25) is 0 Å². The monoisotopic (exact) mass is 652 g/mol. The van der Waals surface area contributed by atoms with Crippen molar-refractivity contribution in [3.8, 4) is 0 Å². The van der Waals surface area contributed by atoms with E-state index in [1.807, 2.05) is 0 Å². The second-order valence-corrected chi connectivity index (χ2v) is 11.6. The van der Waals surface area contributed by atoms with Crippen LogP contribution in [0.4, 0.5) is 9.59 Å². The minimum Gasteiger partial charge on any atom is -0.447 e. The van der Waals surface area contributed by atoms with E-state index in [-0.39, 0.29) is 26.4 Å². The first kappa shape index (κ1) is 36.9. The van der Waals surface area contributed by atoms with Crippen LogP contribution in [0.3, 0.4) is 0 Å². The van der Waals surface area contributed by atoms with Crippen LogP contribution in [-0.2, 0) is 28.4 Å². The first-order valence-corrected chi connectivity index (χ1v) is 15.5. The second-order valence-electron chi connectivity index (χ2n) is 8.91. The molecule has 10 N–H and O–H groups in total. The van der Waals surface area contributed by atoms with Crippen molar-refractivity contribution in [2.24, 2.45) is 0 Å². The molecule has 2 rings (SSSR count). The summed E-state index contributed by atoms with van der Waals surface area (Å²) >= 11 is 0. The topological polar surface area (TPSA) is 275 Å². The van der Waals surface area contributed by atoms with Crippen LogP contribution in [-0.4, -0.2) is 179 Å². The van der Waals surface area contributed by atoms with Crippen molar-refractivity contribution in [1.82, 2.24) is 10.6 Å². The summed E-state index contributed by atoms with van der Waals surface area (Å²) in [5, 5.41) is 82.0. The molecule has 42 heavy (non-hydrogen) atoms. The lowest BCUT2D eigenvalue weighted by atomic mass is 9.99. The average Bonchev–Trinajstić information content (AvgIpc) is 2.98. The lowest BCUT2D eigenvalue weighted by Crippen LogP contribution is -2.59. The number of aliphatic hydroxyl groups excluding tert-OH is 8. The van der Waals surface area contributed by atoms with Gasteiger partial charge in [-0.2, -0.15) is 0 Å². The van der Waals surface area contributed by atoms with Crippen LogP contribution < -0.4 is 10.6 Å². The molecule has 0 aromatic heterocycles. The van der Waals surface area contributed by atoms with E-state index in [9.17, 15) is 40.2 Å². The normalized spacial score (nSPS) is 33.1. The molecule has 0 spiro atoms. The van der Waals surface area contributed by atoms with Crippen molar-refractivity contribution in [2.45, 2.75) is 61.4 Å². The van der Waals surface area contributed by atoms with Crippen molar-refractivity contribution in [1.29, 1.82) is 0 Å². The molecule has 18 nitrogen and oxygen atoms in total. The highest BCUT2D eigenvalue weighted by molar-refractivity contribution is 8.76. The van der Waals surface area contributed by atoms with Gasteiger partial charge in [0.05, 0.1) is 26.4 Å². The van der Waals surface area contributed by atoms with Gasteiger partial charge >= 0.3 is 12.2 Å². The number of alkyl carbamates (subject to hydrolysis) is 2. The first-order chi connectivity index (χ1) is 20.1. The molecule has 2 amide bonds. The fourth-order valence-electron chi connectivity index (χ4n) is 3.62. The highest BCUT2D eigenvalue weighted by atomic mass is 33.1. The fourth-order valence-corrected chi connectivity index (χ4v) is 5.43.